The Morgan fingerprint density at radius 1 is 1.17 bits per heavy atom. The van der Waals surface area contributed by atoms with Crippen molar-refractivity contribution < 1.29 is 17.9 Å². The number of ether oxygens (including phenoxy) is 1. The molecule has 0 unspecified atom stereocenters. The molecule has 4 rings (SSSR count). The third-order valence-corrected chi connectivity index (χ3v) is 8.01. The predicted molar refractivity (Wildman–Crippen MR) is 133 cm³/mol. The van der Waals surface area contributed by atoms with Crippen LogP contribution in [0.2, 0.25) is 10.2 Å². The highest BCUT2D eigenvalue weighted by atomic mass is 35.5. The minimum Gasteiger partial charge on any atom is -0.462 e. The van der Waals surface area contributed by atoms with Gasteiger partial charge in [0.05, 0.1) is 39.2 Å². The molecule has 0 amide bonds. The monoisotopic (exact) mass is 527 g/mol. The molecule has 0 saturated carbocycles. The molecule has 178 valence electrons. The number of esters is 1. The molecule has 35 heavy (non-hydrogen) atoms. The van der Waals surface area contributed by atoms with E-state index >= 15 is 0 Å². The molecule has 2 aromatic carbocycles. The van der Waals surface area contributed by atoms with Crippen LogP contribution < -0.4 is 0 Å². The van der Waals surface area contributed by atoms with Crippen LogP contribution in [-0.2, 0) is 21.2 Å². The largest absolute Gasteiger partial charge is 0.462 e. The van der Waals surface area contributed by atoms with Crippen LogP contribution in [0.15, 0.2) is 59.6 Å². The highest BCUT2D eigenvalue weighted by Gasteiger charge is 2.26. The molecular formula is C25H19Cl2N3O4S. The minimum atomic E-state index is -4.07. The Morgan fingerprint density at radius 2 is 1.89 bits per heavy atom. The molecule has 0 bridgehead atoms. The van der Waals surface area contributed by atoms with E-state index in [1.54, 1.807) is 44.2 Å². The average Bonchev–Trinajstić information content (AvgIpc) is 3.21. The molecule has 2 heterocycles. The van der Waals surface area contributed by atoms with E-state index in [0.717, 1.165) is 5.56 Å². The maximum absolute atomic E-state index is 13.8. The molecule has 0 saturated heterocycles. The van der Waals surface area contributed by atoms with Crippen LogP contribution in [0.4, 0.5) is 0 Å². The first-order chi connectivity index (χ1) is 16.7. The summed E-state index contributed by atoms with van der Waals surface area (Å²) in [5.74, 6) is -0.658. The third-order valence-electron chi connectivity index (χ3n) is 5.48. The number of carbonyl (C=O) groups is 1. The molecule has 0 aliphatic rings. The number of hydrogen-bond donors (Lipinski definition) is 0. The summed E-state index contributed by atoms with van der Waals surface area (Å²) in [7, 11) is -4.07. The number of pyridine rings is 1. The molecule has 0 radical (unpaired) electrons. The average molecular weight is 528 g/mol. The lowest BCUT2D eigenvalue weighted by Gasteiger charge is -2.14. The number of fused-ring (bicyclic) bond motifs is 1. The topological polar surface area (TPSA) is 102 Å². The number of halogens is 2. The van der Waals surface area contributed by atoms with Crippen LogP contribution in [0.25, 0.3) is 10.9 Å². The standard InChI is InChI=1S/C25H19Cl2N3O4S/c1-3-34-25(31)21-14-29-24(27)20(23(21)26)12-17-11-19-15(2)9-16(13-28)10-22(19)30(17)35(32,33)18-7-5-4-6-8-18/h4-11,14H,3,12H2,1-2H3. The van der Waals surface area contributed by atoms with Gasteiger partial charge in [-0.2, -0.15) is 5.26 Å². The van der Waals surface area contributed by atoms with Crippen molar-refractivity contribution in [1.29, 1.82) is 5.26 Å². The van der Waals surface area contributed by atoms with Crippen molar-refractivity contribution in [2.45, 2.75) is 25.2 Å². The van der Waals surface area contributed by atoms with E-state index in [4.69, 9.17) is 27.9 Å². The van der Waals surface area contributed by atoms with E-state index in [-0.39, 0.29) is 39.2 Å². The number of aryl methyl sites for hydroxylation is 1. The fraction of sp³-hybridized carbons (Fsp3) is 0.160. The quantitative estimate of drug-likeness (QED) is 0.241. The van der Waals surface area contributed by atoms with Crippen LogP contribution in [0.3, 0.4) is 0 Å². The number of nitriles is 1. The summed E-state index contributed by atoms with van der Waals surface area (Å²) in [5.41, 5.74) is 2.06. The Balaban J connectivity index is 1.99. The Labute approximate surface area is 212 Å². The summed E-state index contributed by atoms with van der Waals surface area (Å²) in [6.07, 6.45) is 1.19. The zero-order valence-corrected chi connectivity index (χ0v) is 21.1. The van der Waals surface area contributed by atoms with Gasteiger partial charge in [-0.1, -0.05) is 41.4 Å². The Hall–Kier alpha value is -3.38. The fourth-order valence-corrected chi connectivity index (χ4v) is 5.96. The second-order valence-electron chi connectivity index (χ2n) is 7.71. The number of rotatable bonds is 6. The summed E-state index contributed by atoms with van der Waals surface area (Å²) >= 11 is 12.9. The zero-order chi connectivity index (χ0) is 25.3. The van der Waals surface area contributed by atoms with Gasteiger partial charge in [0.15, 0.2) is 0 Å². The molecule has 0 aliphatic carbocycles. The van der Waals surface area contributed by atoms with Crippen LogP contribution in [0, 0.1) is 18.3 Å². The lowest BCUT2D eigenvalue weighted by molar-refractivity contribution is 0.0526. The molecular weight excluding hydrogens is 509 g/mol. The predicted octanol–water partition coefficient (Wildman–Crippen LogP) is 5.53. The molecule has 10 heteroatoms. The molecule has 4 aromatic rings. The second-order valence-corrected chi connectivity index (χ2v) is 10.2. The molecule has 0 fully saturated rings. The highest BCUT2D eigenvalue weighted by Crippen LogP contribution is 2.34. The lowest BCUT2D eigenvalue weighted by atomic mass is 10.1. The van der Waals surface area contributed by atoms with Crippen molar-refractivity contribution >= 4 is 50.1 Å². The SMILES string of the molecule is CCOC(=O)c1cnc(Cl)c(Cc2cc3c(C)cc(C#N)cc3n2S(=O)(=O)c2ccccc2)c1Cl. The summed E-state index contributed by atoms with van der Waals surface area (Å²) in [4.78, 5) is 16.5. The van der Waals surface area contributed by atoms with Crippen LogP contribution in [0.5, 0.6) is 0 Å². The molecule has 0 spiro atoms. The normalized spacial score (nSPS) is 11.4. The molecule has 0 atom stereocenters. The maximum Gasteiger partial charge on any atom is 0.341 e. The smallest absolute Gasteiger partial charge is 0.341 e. The van der Waals surface area contributed by atoms with Gasteiger partial charge < -0.3 is 4.74 Å². The zero-order valence-electron chi connectivity index (χ0n) is 18.7. The maximum atomic E-state index is 13.8. The summed E-state index contributed by atoms with van der Waals surface area (Å²) in [6, 6.07) is 15.0. The van der Waals surface area contributed by atoms with Crippen molar-refractivity contribution in [3.05, 3.63) is 92.9 Å². The van der Waals surface area contributed by atoms with Gasteiger partial charge in [0, 0.05) is 29.3 Å². The van der Waals surface area contributed by atoms with E-state index in [2.05, 4.69) is 11.1 Å². The van der Waals surface area contributed by atoms with Crippen LogP contribution >= 0.6 is 23.2 Å². The summed E-state index contributed by atoms with van der Waals surface area (Å²) in [6.45, 7) is 3.62. The number of nitrogens with zero attached hydrogens (tertiary/aromatic N) is 3. The van der Waals surface area contributed by atoms with Gasteiger partial charge in [-0.05, 0) is 49.7 Å². The number of benzene rings is 2. The minimum absolute atomic E-state index is 0.0319. The van der Waals surface area contributed by atoms with Crippen molar-refractivity contribution in [2.75, 3.05) is 6.61 Å². The van der Waals surface area contributed by atoms with E-state index in [9.17, 15) is 18.5 Å². The van der Waals surface area contributed by atoms with Gasteiger partial charge in [0.25, 0.3) is 10.0 Å². The number of carbonyl (C=O) groups excluding carboxylic acids is 1. The Morgan fingerprint density at radius 3 is 2.54 bits per heavy atom. The lowest BCUT2D eigenvalue weighted by Crippen LogP contribution is -2.16. The van der Waals surface area contributed by atoms with E-state index in [0.29, 0.717) is 22.2 Å². The van der Waals surface area contributed by atoms with Crippen LogP contribution in [0.1, 0.15) is 39.7 Å². The Bertz CT molecular complexity index is 1610. The van der Waals surface area contributed by atoms with Crippen LogP contribution in [-0.4, -0.2) is 30.0 Å². The van der Waals surface area contributed by atoms with E-state index in [1.807, 2.05) is 0 Å². The highest BCUT2D eigenvalue weighted by molar-refractivity contribution is 7.90. The van der Waals surface area contributed by atoms with Gasteiger partial charge in [0.1, 0.15) is 5.15 Å². The third kappa shape index (κ3) is 4.50. The van der Waals surface area contributed by atoms with Gasteiger partial charge in [-0.25, -0.2) is 22.2 Å². The first-order valence-corrected chi connectivity index (χ1v) is 12.7. The molecule has 0 N–H and O–H groups in total. The number of aromatic nitrogens is 2. The van der Waals surface area contributed by atoms with Crippen molar-refractivity contribution in [3.63, 3.8) is 0 Å². The van der Waals surface area contributed by atoms with Gasteiger partial charge in [-0.3, -0.25) is 0 Å². The number of hydrogen-bond acceptors (Lipinski definition) is 6. The van der Waals surface area contributed by atoms with Crippen molar-refractivity contribution in [3.8, 4) is 6.07 Å². The van der Waals surface area contributed by atoms with Gasteiger partial charge in [-0.15, -0.1) is 0 Å². The fourth-order valence-electron chi connectivity index (χ4n) is 3.88. The van der Waals surface area contributed by atoms with Crippen molar-refractivity contribution in [2.24, 2.45) is 0 Å². The van der Waals surface area contributed by atoms with Gasteiger partial charge in [0.2, 0.25) is 0 Å². The molecule has 2 aromatic heterocycles. The second kappa shape index (κ2) is 9.70. The van der Waals surface area contributed by atoms with E-state index < -0.39 is 16.0 Å². The first kappa shape index (κ1) is 24.7. The summed E-state index contributed by atoms with van der Waals surface area (Å²) in [5, 5.41) is 10.2. The first-order valence-electron chi connectivity index (χ1n) is 10.5. The summed E-state index contributed by atoms with van der Waals surface area (Å²) < 4.78 is 33.8. The Kier molecular flexibility index (Phi) is 6.86. The molecule has 0 aliphatic heterocycles. The van der Waals surface area contributed by atoms with Gasteiger partial charge >= 0.3 is 5.97 Å². The molecule has 7 nitrogen and oxygen atoms in total. The van der Waals surface area contributed by atoms with Crippen molar-refractivity contribution in [1.82, 2.24) is 8.96 Å². The van der Waals surface area contributed by atoms with E-state index in [1.165, 1.54) is 28.4 Å².